The second-order valence-corrected chi connectivity index (χ2v) is 11.1. The summed E-state index contributed by atoms with van der Waals surface area (Å²) < 4.78 is 98.4. The van der Waals surface area contributed by atoms with Gasteiger partial charge in [0.25, 0.3) is 20.2 Å². The van der Waals surface area contributed by atoms with Gasteiger partial charge in [-0.3, -0.25) is 9.11 Å². The van der Waals surface area contributed by atoms with E-state index in [1.54, 1.807) is 0 Å². The maximum absolute atomic E-state index is 12.5. The molecular formula is C20H18O10S3. The lowest BCUT2D eigenvalue weighted by atomic mass is 10.0. The van der Waals surface area contributed by atoms with Crippen LogP contribution in [0.25, 0.3) is 0 Å². The number of benzene rings is 3. The third-order valence-electron chi connectivity index (χ3n) is 4.48. The van der Waals surface area contributed by atoms with Crippen LogP contribution >= 0.6 is 0 Å². The molecule has 0 aromatic heterocycles. The van der Waals surface area contributed by atoms with E-state index in [-0.39, 0.29) is 22.0 Å². The van der Waals surface area contributed by atoms with E-state index in [0.717, 1.165) is 24.3 Å². The molecule has 0 atom stereocenters. The Kier molecular flexibility index (Phi) is 6.81. The molecule has 2 N–H and O–H groups in total. The van der Waals surface area contributed by atoms with Crippen LogP contribution < -0.4 is 8.92 Å². The average Bonchev–Trinajstić information content (AvgIpc) is 2.73. The zero-order valence-corrected chi connectivity index (χ0v) is 19.4. The van der Waals surface area contributed by atoms with Crippen LogP contribution in [0.4, 0.5) is 0 Å². The fourth-order valence-corrected chi connectivity index (χ4v) is 4.83. The monoisotopic (exact) mass is 514 g/mol. The van der Waals surface area contributed by atoms with Gasteiger partial charge in [-0.15, -0.1) is 0 Å². The molecule has 33 heavy (non-hydrogen) atoms. The van der Waals surface area contributed by atoms with Gasteiger partial charge in [-0.1, -0.05) is 12.1 Å². The first-order valence-electron chi connectivity index (χ1n) is 9.05. The van der Waals surface area contributed by atoms with Crippen molar-refractivity contribution in [3.63, 3.8) is 0 Å². The van der Waals surface area contributed by atoms with Gasteiger partial charge in [-0.2, -0.15) is 25.3 Å². The Balaban J connectivity index is 1.81. The van der Waals surface area contributed by atoms with Crippen molar-refractivity contribution in [3.8, 4) is 11.5 Å². The molecule has 0 saturated heterocycles. The summed E-state index contributed by atoms with van der Waals surface area (Å²) in [5.74, 6) is 0.231. The summed E-state index contributed by atoms with van der Waals surface area (Å²) >= 11 is 0. The molecule has 3 rings (SSSR count). The van der Waals surface area contributed by atoms with Gasteiger partial charge in [-0.05, 0) is 65.7 Å². The number of hydrogen-bond acceptors (Lipinski definition) is 8. The topological polar surface area (TPSA) is 161 Å². The standard InChI is InChI=1S/C20H18O10S3/c1-29-20-11-10-19(32(24,25)26)13-15(20)12-14-2-6-18(7-3-14)33(27,28)30-16-4-8-17(9-5-16)31(21,22)23/h2-11,13H,12H2,1H3,(H,21,22,23)(H,24,25,26). The maximum Gasteiger partial charge on any atom is 0.339 e. The van der Waals surface area contributed by atoms with Crippen LogP contribution in [-0.2, 0) is 36.8 Å². The van der Waals surface area contributed by atoms with Gasteiger partial charge in [0.2, 0.25) is 0 Å². The van der Waals surface area contributed by atoms with Crippen molar-refractivity contribution < 1.29 is 43.3 Å². The van der Waals surface area contributed by atoms with Crippen LogP contribution in [0, 0.1) is 0 Å². The highest BCUT2D eigenvalue weighted by atomic mass is 32.2. The van der Waals surface area contributed by atoms with E-state index in [1.807, 2.05) is 0 Å². The zero-order valence-electron chi connectivity index (χ0n) is 16.9. The lowest BCUT2D eigenvalue weighted by Crippen LogP contribution is -2.10. The summed E-state index contributed by atoms with van der Waals surface area (Å²) in [6.07, 6.45) is 0.185. The smallest absolute Gasteiger partial charge is 0.339 e. The van der Waals surface area contributed by atoms with Crippen molar-refractivity contribution in [3.05, 3.63) is 77.9 Å². The first kappa shape index (κ1) is 24.7. The summed E-state index contributed by atoms with van der Waals surface area (Å²) in [5, 5.41) is 0. The average molecular weight is 515 g/mol. The van der Waals surface area contributed by atoms with Crippen molar-refractivity contribution in [2.45, 2.75) is 21.1 Å². The van der Waals surface area contributed by atoms with Crippen LogP contribution in [0.15, 0.2) is 81.4 Å². The first-order chi connectivity index (χ1) is 15.3. The minimum absolute atomic E-state index is 0.154. The van der Waals surface area contributed by atoms with Gasteiger partial charge < -0.3 is 8.92 Å². The molecule has 0 radical (unpaired) electrons. The molecule has 0 heterocycles. The minimum atomic E-state index is -4.42. The maximum atomic E-state index is 12.5. The van der Waals surface area contributed by atoms with Gasteiger partial charge >= 0.3 is 10.1 Å². The Bertz CT molecular complexity index is 1470. The second-order valence-electron chi connectivity index (χ2n) is 6.75. The first-order valence-corrected chi connectivity index (χ1v) is 13.3. The van der Waals surface area contributed by atoms with E-state index >= 15 is 0 Å². The van der Waals surface area contributed by atoms with E-state index in [1.165, 1.54) is 49.6 Å². The van der Waals surface area contributed by atoms with Gasteiger partial charge in [-0.25, -0.2) is 0 Å². The molecule has 0 amide bonds. The molecule has 3 aromatic rings. The zero-order chi connectivity index (χ0) is 24.4. The van der Waals surface area contributed by atoms with E-state index in [9.17, 15) is 29.8 Å². The molecule has 0 aliphatic carbocycles. The van der Waals surface area contributed by atoms with E-state index in [2.05, 4.69) is 0 Å². The normalized spacial score (nSPS) is 12.3. The predicted molar refractivity (Wildman–Crippen MR) is 116 cm³/mol. The van der Waals surface area contributed by atoms with Gasteiger partial charge in [0, 0.05) is 6.42 Å². The molecular weight excluding hydrogens is 496 g/mol. The molecule has 0 spiro atoms. The summed E-state index contributed by atoms with van der Waals surface area (Å²) in [6, 6.07) is 13.6. The van der Waals surface area contributed by atoms with Gasteiger partial charge in [0.1, 0.15) is 16.4 Å². The van der Waals surface area contributed by atoms with E-state index in [0.29, 0.717) is 16.9 Å². The molecule has 0 unspecified atom stereocenters. The second kappa shape index (κ2) is 9.11. The highest BCUT2D eigenvalue weighted by Gasteiger charge is 2.18. The van der Waals surface area contributed by atoms with Crippen LogP contribution in [0.5, 0.6) is 11.5 Å². The fraction of sp³-hybridized carbons (Fsp3) is 0.100. The van der Waals surface area contributed by atoms with Crippen molar-refractivity contribution in [2.24, 2.45) is 0 Å². The molecule has 0 aliphatic rings. The lowest BCUT2D eigenvalue weighted by Gasteiger charge is -2.11. The quantitative estimate of drug-likeness (QED) is 0.337. The minimum Gasteiger partial charge on any atom is -0.496 e. The molecule has 0 fully saturated rings. The fourth-order valence-electron chi connectivity index (χ4n) is 2.89. The Morgan fingerprint density at radius 2 is 1.21 bits per heavy atom. The Labute approximate surface area is 191 Å². The molecule has 3 aromatic carbocycles. The summed E-state index contributed by atoms with van der Waals surface area (Å²) in [4.78, 5) is -0.889. The molecule has 13 heteroatoms. The van der Waals surface area contributed by atoms with Gasteiger partial charge in [0.15, 0.2) is 0 Å². The Hall–Kier alpha value is -2.97. The summed E-state index contributed by atoms with van der Waals surface area (Å²) in [7, 11) is -11.7. The Morgan fingerprint density at radius 3 is 1.73 bits per heavy atom. The van der Waals surface area contributed by atoms with Crippen LogP contribution in [-0.4, -0.2) is 41.5 Å². The van der Waals surface area contributed by atoms with Crippen molar-refractivity contribution in [2.75, 3.05) is 7.11 Å². The number of rotatable bonds is 8. The molecule has 0 saturated carbocycles. The third kappa shape index (κ3) is 6.09. The third-order valence-corrected chi connectivity index (χ3v) is 7.46. The molecule has 10 nitrogen and oxygen atoms in total. The largest absolute Gasteiger partial charge is 0.496 e. The SMILES string of the molecule is COc1ccc(S(=O)(=O)O)cc1Cc1ccc(S(=O)(=O)Oc2ccc(S(=O)(=O)O)cc2)cc1. The summed E-state index contributed by atoms with van der Waals surface area (Å²) in [5.41, 5.74) is 1.08. The van der Waals surface area contributed by atoms with E-state index in [4.69, 9.17) is 13.5 Å². The van der Waals surface area contributed by atoms with Crippen molar-refractivity contribution in [1.82, 2.24) is 0 Å². The van der Waals surface area contributed by atoms with Crippen LogP contribution in [0.2, 0.25) is 0 Å². The molecule has 176 valence electrons. The van der Waals surface area contributed by atoms with Gasteiger partial charge in [0.05, 0.1) is 16.9 Å². The van der Waals surface area contributed by atoms with Crippen LogP contribution in [0.1, 0.15) is 11.1 Å². The van der Waals surface area contributed by atoms with Crippen LogP contribution in [0.3, 0.4) is 0 Å². The predicted octanol–water partition coefficient (Wildman–Crippen LogP) is 2.55. The lowest BCUT2D eigenvalue weighted by molar-refractivity contribution is 0.410. The Morgan fingerprint density at radius 1 is 0.697 bits per heavy atom. The number of hydrogen-bond donors (Lipinski definition) is 2. The highest BCUT2D eigenvalue weighted by molar-refractivity contribution is 7.87. The molecule has 0 bridgehead atoms. The molecule has 0 aliphatic heterocycles. The van der Waals surface area contributed by atoms with Crippen molar-refractivity contribution in [1.29, 1.82) is 0 Å². The number of ether oxygens (including phenoxy) is 1. The van der Waals surface area contributed by atoms with Crippen molar-refractivity contribution >= 4 is 30.4 Å². The summed E-state index contributed by atoms with van der Waals surface area (Å²) in [6.45, 7) is 0. The highest BCUT2D eigenvalue weighted by Crippen LogP contribution is 2.26. The van der Waals surface area contributed by atoms with E-state index < -0.39 is 35.2 Å². The number of methoxy groups -OCH3 is 1.